The van der Waals surface area contributed by atoms with Crippen LogP contribution in [0.15, 0.2) is 12.2 Å². The van der Waals surface area contributed by atoms with Gasteiger partial charge in [0.15, 0.2) is 0 Å². The van der Waals surface area contributed by atoms with Crippen molar-refractivity contribution in [1.82, 2.24) is 0 Å². The van der Waals surface area contributed by atoms with Gasteiger partial charge in [0.2, 0.25) is 0 Å². The van der Waals surface area contributed by atoms with Gasteiger partial charge >= 0.3 is 64.5 Å². The van der Waals surface area contributed by atoms with Crippen molar-refractivity contribution in [1.29, 1.82) is 0 Å². The van der Waals surface area contributed by atoms with Gasteiger partial charge in [0.25, 0.3) is 0 Å². The molecule has 0 aliphatic carbocycles. The van der Waals surface area contributed by atoms with Crippen molar-refractivity contribution in [3.05, 3.63) is 12.2 Å². The summed E-state index contributed by atoms with van der Waals surface area (Å²) in [6.45, 7) is 16.8. The van der Waals surface area contributed by atoms with Crippen molar-refractivity contribution in [3.63, 3.8) is 0 Å². The SMILES string of the molecule is C=C(C)C(=BC)C(C)(C)C. The molecule has 0 rings (SSSR count). The van der Waals surface area contributed by atoms with E-state index in [1.165, 1.54) is 11.0 Å². The van der Waals surface area contributed by atoms with E-state index in [4.69, 9.17) is 0 Å². The van der Waals surface area contributed by atoms with E-state index in [1.807, 2.05) is 0 Å². The minimum atomic E-state index is 0.251. The van der Waals surface area contributed by atoms with Crippen LogP contribution in [0.5, 0.6) is 0 Å². The standard InChI is InChI=1S/C9H17B/c1-7(2)8(10-6)9(3,4)5/h1H2,2-6H3. The van der Waals surface area contributed by atoms with Crippen LogP contribution in [0.2, 0.25) is 6.82 Å². The third-order valence-electron chi connectivity index (χ3n) is 1.56. The maximum absolute atomic E-state index is 3.92. The second-order valence-electron chi connectivity index (χ2n) is 3.73. The molecule has 0 aliphatic rings. The maximum atomic E-state index is 3.92. The molecule has 0 N–H and O–H groups in total. The van der Waals surface area contributed by atoms with Gasteiger partial charge in [-0.1, -0.05) is 0 Å². The van der Waals surface area contributed by atoms with Gasteiger partial charge in [0.1, 0.15) is 0 Å². The first-order chi connectivity index (χ1) is 4.39. The zero-order valence-electron chi connectivity index (χ0n) is 7.78. The molecular formula is C9H17B. The molecular weight excluding hydrogens is 119 g/mol. The van der Waals surface area contributed by atoms with Gasteiger partial charge in [-0.2, -0.15) is 0 Å². The summed E-state index contributed by atoms with van der Waals surface area (Å²) in [5.41, 5.74) is 2.78. The van der Waals surface area contributed by atoms with Gasteiger partial charge in [-0.3, -0.25) is 0 Å². The Balaban J connectivity index is 4.56. The minimum absolute atomic E-state index is 0.251. The molecule has 56 valence electrons. The normalized spacial score (nSPS) is 12.7. The molecule has 0 aliphatic heterocycles. The van der Waals surface area contributed by atoms with Crippen molar-refractivity contribution in [2.75, 3.05) is 0 Å². The van der Waals surface area contributed by atoms with Crippen LogP contribution in [0.3, 0.4) is 0 Å². The Bertz CT molecular complexity index is 158. The Kier molecular flexibility index (Phi) is 3.08. The Morgan fingerprint density at radius 1 is 1.30 bits per heavy atom. The van der Waals surface area contributed by atoms with Gasteiger partial charge in [-0.05, 0) is 0 Å². The van der Waals surface area contributed by atoms with E-state index in [1.54, 1.807) is 0 Å². The average molecular weight is 136 g/mol. The van der Waals surface area contributed by atoms with Crippen molar-refractivity contribution >= 4 is 12.4 Å². The Morgan fingerprint density at radius 3 is 1.70 bits per heavy atom. The van der Waals surface area contributed by atoms with E-state index in [9.17, 15) is 0 Å². The molecule has 0 amide bonds. The molecule has 0 saturated carbocycles. The van der Waals surface area contributed by atoms with Crippen LogP contribution in [0.1, 0.15) is 27.7 Å². The Labute approximate surface area is 65.2 Å². The molecule has 0 spiro atoms. The van der Waals surface area contributed by atoms with E-state index >= 15 is 0 Å². The first kappa shape index (κ1) is 9.67. The number of allylic oxidation sites excluding steroid dienone is 1. The molecule has 0 heterocycles. The monoisotopic (exact) mass is 136 g/mol. The zero-order valence-corrected chi connectivity index (χ0v) is 7.78. The van der Waals surface area contributed by atoms with Crippen LogP contribution >= 0.6 is 0 Å². The fourth-order valence-electron chi connectivity index (χ4n) is 1.32. The van der Waals surface area contributed by atoms with Crippen LogP contribution in [0.25, 0.3) is 0 Å². The van der Waals surface area contributed by atoms with E-state index in [0.717, 1.165) is 0 Å². The molecule has 0 aromatic rings. The molecule has 0 nitrogen and oxygen atoms in total. The van der Waals surface area contributed by atoms with Crippen LogP contribution < -0.4 is 0 Å². The average Bonchev–Trinajstić information content (AvgIpc) is 1.60. The molecule has 0 aromatic heterocycles. The predicted molar refractivity (Wildman–Crippen MR) is 50.9 cm³/mol. The predicted octanol–water partition coefficient (Wildman–Crippen LogP) is 2.53. The van der Waals surface area contributed by atoms with Crippen LogP contribution in [-0.2, 0) is 0 Å². The molecule has 0 atom stereocenters. The first-order valence-corrected chi connectivity index (χ1v) is 3.72. The summed E-state index contributed by atoms with van der Waals surface area (Å²) in [5, 5.41) is 0. The van der Waals surface area contributed by atoms with Gasteiger partial charge in [-0.15, -0.1) is 0 Å². The molecule has 0 saturated heterocycles. The van der Waals surface area contributed by atoms with Crippen LogP contribution in [0, 0.1) is 5.41 Å². The summed E-state index contributed by atoms with van der Waals surface area (Å²) >= 11 is 0. The van der Waals surface area contributed by atoms with Gasteiger partial charge in [-0.25, -0.2) is 0 Å². The van der Waals surface area contributed by atoms with E-state index in [-0.39, 0.29) is 5.41 Å². The van der Waals surface area contributed by atoms with Crippen molar-refractivity contribution in [2.24, 2.45) is 5.41 Å². The third kappa shape index (κ3) is 2.51. The third-order valence-corrected chi connectivity index (χ3v) is 1.56. The molecule has 0 aromatic carbocycles. The fourth-order valence-corrected chi connectivity index (χ4v) is 1.32. The van der Waals surface area contributed by atoms with Gasteiger partial charge in [0.05, 0.1) is 0 Å². The molecule has 1 heteroatoms. The molecule has 0 bridgehead atoms. The molecule has 0 fully saturated rings. The Morgan fingerprint density at radius 2 is 1.70 bits per heavy atom. The number of hydrogen-bond donors (Lipinski definition) is 0. The second-order valence-corrected chi connectivity index (χ2v) is 3.73. The van der Waals surface area contributed by atoms with Crippen molar-refractivity contribution < 1.29 is 0 Å². The quantitative estimate of drug-likeness (QED) is 0.486. The molecule has 0 radical (unpaired) electrons. The summed E-state index contributed by atoms with van der Waals surface area (Å²) in [6.07, 6.45) is 0. The van der Waals surface area contributed by atoms with Crippen LogP contribution in [-0.4, -0.2) is 12.4 Å². The first-order valence-electron chi connectivity index (χ1n) is 3.72. The summed E-state index contributed by atoms with van der Waals surface area (Å²) in [6, 6.07) is 0. The van der Waals surface area contributed by atoms with Crippen molar-refractivity contribution in [2.45, 2.75) is 34.5 Å². The number of hydrogen-bond acceptors (Lipinski definition) is 0. The molecule has 10 heavy (non-hydrogen) atoms. The topological polar surface area (TPSA) is 0 Å². The van der Waals surface area contributed by atoms with Gasteiger partial charge < -0.3 is 0 Å². The second kappa shape index (κ2) is 3.18. The zero-order chi connectivity index (χ0) is 8.36. The van der Waals surface area contributed by atoms with E-state index in [2.05, 4.69) is 48.0 Å². The van der Waals surface area contributed by atoms with Crippen molar-refractivity contribution in [3.8, 4) is 0 Å². The molecule has 0 unspecified atom stereocenters. The van der Waals surface area contributed by atoms with Crippen LogP contribution in [0.4, 0.5) is 0 Å². The summed E-state index contributed by atoms with van der Waals surface area (Å²) in [5.74, 6) is 0. The fraction of sp³-hybridized carbons (Fsp3) is 0.667. The van der Waals surface area contributed by atoms with Gasteiger partial charge in [0, 0.05) is 0 Å². The number of rotatable bonds is 1. The van der Waals surface area contributed by atoms with E-state index < -0.39 is 0 Å². The summed E-state index contributed by atoms with van der Waals surface area (Å²) < 4.78 is 0. The summed E-state index contributed by atoms with van der Waals surface area (Å²) in [7, 11) is 0. The summed E-state index contributed by atoms with van der Waals surface area (Å²) in [4.78, 5) is 0. The van der Waals surface area contributed by atoms with E-state index in [0.29, 0.717) is 0 Å². The Hall–Kier alpha value is -0.325.